The number of non-ortho nitro benzene ring substituents is 1. The number of nitrogens with zero attached hydrogens (tertiary/aromatic N) is 1. The minimum atomic E-state index is -0.731. The molecule has 0 bridgehead atoms. The summed E-state index contributed by atoms with van der Waals surface area (Å²) in [5.41, 5.74) is 0.947. The van der Waals surface area contributed by atoms with E-state index in [9.17, 15) is 19.7 Å². The number of amides is 1. The van der Waals surface area contributed by atoms with Crippen LogP contribution in [-0.4, -0.2) is 23.9 Å². The molecule has 27 heavy (non-hydrogen) atoms. The molecule has 0 saturated heterocycles. The minimum absolute atomic E-state index is 0.00274. The largest absolute Gasteiger partial charge is 0.465 e. The zero-order valence-electron chi connectivity index (χ0n) is 14.3. The predicted molar refractivity (Wildman–Crippen MR) is 103 cm³/mol. The van der Waals surface area contributed by atoms with Crippen LogP contribution in [0.3, 0.4) is 0 Å². The number of nitrogens with one attached hydrogen (secondary N) is 1. The number of anilines is 1. The number of nitro groups is 1. The maximum atomic E-state index is 12.3. The highest BCUT2D eigenvalue weighted by molar-refractivity contribution is 6.42. The average molecular weight is 409 g/mol. The van der Waals surface area contributed by atoms with Crippen molar-refractivity contribution in [2.45, 2.75) is 6.92 Å². The summed E-state index contributed by atoms with van der Waals surface area (Å²) in [7, 11) is 1.17. The number of benzene rings is 2. The second-order valence-corrected chi connectivity index (χ2v) is 6.24. The Kier molecular flexibility index (Phi) is 6.55. The Morgan fingerprint density at radius 1 is 1.15 bits per heavy atom. The molecule has 9 heteroatoms. The fourth-order valence-electron chi connectivity index (χ4n) is 2.23. The number of esters is 1. The van der Waals surface area contributed by atoms with E-state index in [2.05, 4.69) is 10.1 Å². The van der Waals surface area contributed by atoms with E-state index < -0.39 is 16.8 Å². The van der Waals surface area contributed by atoms with Crippen LogP contribution in [0.5, 0.6) is 0 Å². The van der Waals surface area contributed by atoms with Crippen molar-refractivity contribution in [1.82, 2.24) is 0 Å². The number of hydrogen-bond donors (Lipinski definition) is 1. The van der Waals surface area contributed by atoms with Crippen LogP contribution in [0.2, 0.25) is 10.0 Å². The van der Waals surface area contributed by atoms with Gasteiger partial charge in [-0.3, -0.25) is 14.9 Å². The zero-order chi connectivity index (χ0) is 20.1. The molecule has 7 nitrogen and oxygen atoms in total. The van der Waals surface area contributed by atoms with Crippen LogP contribution in [0.15, 0.2) is 42.5 Å². The molecule has 1 amide bonds. The lowest BCUT2D eigenvalue weighted by molar-refractivity contribution is -0.384. The van der Waals surface area contributed by atoms with Crippen molar-refractivity contribution < 1.29 is 19.2 Å². The summed E-state index contributed by atoms with van der Waals surface area (Å²) in [5, 5.41) is 14.1. The van der Waals surface area contributed by atoms with Crippen LogP contribution < -0.4 is 5.32 Å². The van der Waals surface area contributed by atoms with Crippen LogP contribution in [0, 0.1) is 10.1 Å². The molecule has 0 atom stereocenters. The van der Waals surface area contributed by atoms with Gasteiger partial charge >= 0.3 is 5.97 Å². The quantitative estimate of drug-likeness (QED) is 0.333. The van der Waals surface area contributed by atoms with Gasteiger partial charge in [0, 0.05) is 18.2 Å². The van der Waals surface area contributed by atoms with Crippen LogP contribution >= 0.6 is 23.2 Å². The summed E-state index contributed by atoms with van der Waals surface area (Å²) < 4.78 is 4.63. The van der Waals surface area contributed by atoms with Gasteiger partial charge in [-0.15, -0.1) is 0 Å². The number of carbonyl (C=O) groups is 2. The van der Waals surface area contributed by atoms with Crippen molar-refractivity contribution in [2.75, 3.05) is 12.4 Å². The summed E-state index contributed by atoms with van der Waals surface area (Å²) in [4.78, 5) is 34.5. The van der Waals surface area contributed by atoms with E-state index in [4.69, 9.17) is 23.2 Å². The molecule has 0 radical (unpaired) electrons. The summed E-state index contributed by atoms with van der Waals surface area (Å²) in [6, 6.07) is 8.36. The van der Waals surface area contributed by atoms with Gasteiger partial charge in [-0.05, 0) is 36.3 Å². The Morgan fingerprint density at radius 3 is 2.44 bits per heavy atom. The van der Waals surface area contributed by atoms with Gasteiger partial charge < -0.3 is 10.1 Å². The molecule has 1 N–H and O–H groups in total. The average Bonchev–Trinajstić information content (AvgIpc) is 2.62. The monoisotopic (exact) mass is 408 g/mol. The first-order valence-corrected chi connectivity index (χ1v) is 8.30. The zero-order valence-corrected chi connectivity index (χ0v) is 15.8. The lowest BCUT2D eigenvalue weighted by Gasteiger charge is -2.09. The molecule has 0 unspecified atom stereocenters. The molecule has 0 saturated carbocycles. The molecule has 0 aliphatic heterocycles. The first kappa shape index (κ1) is 20.4. The second kappa shape index (κ2) is 8.66. The van der Waals surface area contributed by atoms with Gasteiger partial charge in [0.15, 0.2) is 0 Å². The Bertz CT molecular complexity index is 957. The van der Waals surface area contributed by atoms with Crippen LogP contribution in [0.25, 0.3) is 5.57 Å². The maximum absolute atomic E-state index is 12.3. The molecule has 0 spiro atoms. The summed E-state index contributed by atoms with van der Waals surface area (Å²) >= 11 is 11.8. The first-order chi connectivity index (χ1) is 12.7. The van der Waals surface area contributed by atoms with Crippen molar-refractivity contribution >= 4 is 52.0 Å². The smallest absolute Gasteiger partial charge is 0.339 e. The molecule has 2 aromatic rings. The molecule has 140 valence electrons. The van der Waals surface area contributed by atoms with Crippen molar-refractivity contribution in [1.29, 1.82) is 0 Å². The third-order valence-corrected chi connectivity index (χ3v) is 4.34. The van der Waals surface area contributed by atoms with E-state index in [1.54, 1.807) is 25.1 Å². The fourth-order valence-corrected chi connectivity index (χ4v) is 2.53. The van der Waals surface area contributed by atoms with Gasteiger partial charge in [-0.2, -0.15) is 0 Å². The number of halogens is 2. The lowest BCUT2D eigenvalue weighted by Crippen LogP contribution is -2.13. The Labute approximate surface area is 164 Å². The van der Waals surface area contributed by atoms with E-state index in [0.29, 0.717) is 21.2 Å². The van der Waals surface area contributed by atoms with Gasteiger partial charge in [-0.1, -0.05) is 29.3 Å². The second-order valence-electron chi connectivity index (χ2n) is 5.42. The number of methoxy groups -OCH3 is 1. The highest BCUT2D eigenvalue weighted by Crippen LogP contribution is 2.27. The van der Waals surface area contributed by atoms with E-state index in [-0.39, 0.29) is 16.9 Å². The van der Waals surface area contributed by atoms with Crippen LogP contribution in [0.1, 0.15) is 22.8 Å². The van der Waals surface area contributed by atoms with Gasteiger partial charge in [-0.25, -0.2) is 4.79 Å². The number of rotatable bonds is 5. The van der Waals surface area contributed by atoms with E-state index in [1.165, 1.54) is 19.3 Å². The topological polar surface area (TPSA) is 98.5 Å². The molecule has 2 aromatic carbocycles. The number of allylic oxidation sites excluding steroid dienone is 1. The highest BCUT2D eigenvalue weighted by atomic mass is 35.5. The molecule has 0 aliphatic carbocycles. The molecule has 0 heterocycles. The van der Waals surface area contributed by atoms with E-state index in [1.807, 2.05) is 0 Å². The minimum Gasteiger partial charge on any atom is -0.465 e. The Hall–Kier alpha value is -2.90. The summed E-state index contributed by atoms with van der Waals surface area (Å²) in [5.74, 6) is -1.31. The van der Waals surface area contributed by atoms with Crippen molar-refractivity contribution in [3.8, 4) is 0 Å². The number of carbonyl (C=O) groups excluding carboxylic acids is 2. The van der Waals surface area contributed by atoms with Crippen molar-refractivity contribution in [3.63, 3.8) is 0 Å². The van der Waals surface area contributed by atoms with Crippen molar-refractivity contribution in [3.05, 3.63) is 73.8 Å². The third-order valence-electron chi connectivity index (χ3n) is 3.60. The van der Waals surface area contributed by atoms with Crippen LogP contribution in [0.4, 0.5) is 11.4 Å². The molecular weight excluding hydrogens is 395 g/mol. The fraction of sp³-hybridized carbons (Fsp3) is 0.111. The van der Waals surface area contributed by atoms with E-state index in [0.717, 1.165) is 12.1 Å². The van der Waals surface area contributed by atoms with Gasteiger partial charge in [0.2, 0.25) is 5.91 Å². The molecule has 0 aromatic heterocycles. The number of hydrogen-bond acceptors (Lipinski definition) is 5. The Balaban J connectivity index is 2.32. The summed E-state index contributed by atoms with van der Waals surface area (Å²) in [6.45, 7) is 1.69. The lowest BCUT2D eigenvalue weighted by atomic mass is 10.1. The third kappa shape index (κ3) is 5.06. The number of ether oxygens (including phenoxy) is 1. The first-order valence-electron chi connectivity index (χ1n) is 7.54. The number of nitro benzene ring substituents is 1. The Morgan fingerprint density at radius 2 is 1.85 bits per heavy atom. The molecule has 2 rings (SSSR count). The van der Waals surface area contributed by atoms with E-state index >= 15 is 0 Å². The van der Waals surface area contributed by atoms with Crippen LogP contribution in [-0.2, 0) is 9.53 Å². The SMILES string of the molecule is COC(=O)c1ccc([N+](=O)[O-])cc1NC(=O)/C=C(/C)c1ccc(Cl)c(Cl)c1. The van der Waals surface area contributed by atoms with Gasteiger partial charge in [0.1, 0.15) is 0 Å². The maximum Gasteiger partial charge on any atom is 0.339 e. The van der Waals surface area contributed by atoms with Gasteiger partial charge in [0.05, 0.1) is 33.3 Å². The standard InChI is InChI=1S/C18H14Cl2N2O5/c1-10(11-3-6-14(19)15(20)8-11)7-17(23)21-16-9-12(22(25)26)4-5-13(16)18(24)27-2/h3-9H,1-2H3,(H,21,23)/b10-7-. The molecule has 0 aliphatic rings. The van der Waals surface area contributed by atoms with Gasteiger partial charge in [0.25, 0.3) is 5.69 Å². The van der Waals surface area contributed by atoms with Crippen molar-refractivity contribution in [2.24, 2.45) is 0 Å². The predicted octanol–water partition coefficient (Wildman–Crippen LogP) is 4.73. The highest BCUT2D eigenvalue weighted by Gasteiger charge is 2.18. The normalized spacial score (nSPS) is 11.0. The molecule has 0 fully saturated rings. The molecular formula is C18H14Cl2N2O5. The summed E-state index contributed by atoms with van der Waals surface area (Å²) in [6.07, 6.45) is 1.28.